The fraction of sp³-hybridized carbons (Fsp3) is 0.812. The van der Waals surface area contributed by atoms with Crippen LogP contribution < -0.4 is 0 Å². The Morgan fingerprint density at radius 1 is 1.43 bits per heavy atom. The fourth-order valence-corrected chi connectivity index (χ4v) is 4.14. The number of nitrogens with zero attached hydrogens (tertiary/aromatic N) is 2. The molecule has 0 aromatic carbocycles. The fourth-order valence-electron chi connectivity index (χ4n) is 4.14. The van der Waals surface area contributed by atoms with Crippen molar-refractivity contribution in [3.05, 3.63) is 12.2 Å². The molecular formula is C16H26N2O3. The lowest BCUT2D eigenvalue weighted by molar-refractivity contribution is -0.138. The first kappa shape index (κ1) is 15.0. The molecule has 1 N–H and O–H groups in total. The molecule has 5 nitrogen and oxygen atoms in total. The van der Waals surface area contributed by atoms with Gasteiger partial charge in [0.2, 0.25) is 0 Å². The van der Waals surface area contributed by atoms with Crippen LogP contribution in [0.25, 0.3) is 0 Å². The average Bonchev–Trinajstić information content (AvgIpc) is 3.00. The minimum atomic E-state index is -0.779. The van der Waals surface area contributed by atoms with Gasteiger partial charge in [-0.3, -0.25) is 14.6 Å². The van der Waals surface area contributed by atoms with Crippen LogP contribution in [-0.2, 0) is 9.53 Å². The van der Waals surface area contributed by atoms with E-state index in [0.717, 1.165) is 37.5 Å². The lowest BCUT2D eigenvalue weighted by atomic mass is 9.93. The van der Waals surface area contributed by atoms with Crippen molar-refractivity contribution in [2.75, 3.05) is 46.4 Å². The molecule has 0 aromatic rings. The summed E-state index contributed by atoms with van der Waals surface area (Å²) in [6.07, 6.45) is 7.65. The highest BCUT2D eigenvalue weighted by molar-refractivity contribution is 5.69. The van der Waals surface area contributed by atoms with Gasteiger partial charge in [-0.2, -0.15) is 0 Å². The highest BCUT2D eigenvalue weighted by Crippen LogP contribution is 2.43. The van der Waals surface area contributed by atoms with Crippen LogP contribution in [0.4, 0.5) is 0 Å². The number of hydrogen-bond acceptors (Lipinski definition) is 4. The molecule has 1 saturated carbocycles. The summed E-state index contributed by atoms with van der Waals surface area (Å²) in [6.45, 7) is 4.66. The van der Waals surface area contributed by atoms with Crippen LogP contribution in [0.3, 0.4) is 0 Å². The Balaban J connectivity index is 1.45. The van der Waals surface area contributed by atoms with E-state index in [1.807, 2.05) is 11.9 Å². The van der Waals surface area contributed by atoms with Crippen LogP contribution in [0.5, 0.6) is 0 Å². The third-order valence-corrected chi connectivity index (χ3v) is 5.05. The Morgan fingerprint density at radius 2 is 2.29 bits per heavy atom. The second-order valence-corrected chi connectivity index (χ2v) is 6.88. The topological polar surface area (TPSA) is 53.0 Å². The molecular weight excluding hydrogens is 268 g/mol. The zero-order valence-electron chi connectivity index (χ0n) is 12.8. The van der Waals surface area contributed by atoms with Gasteiger partial charge in [-0.15, -0.1) is 0 Å². The molecule has 0 aromatic heterocycles. The first-order valence-corrected chi connectivity index (χ1v) is 8.03. The van der Waals surface area contributed by atoms with Crippen molar-refractivity contribution in [1.82, 2.24) is 9.80 Å². The number of fused-ring (bicyclic) bond motifs is 2. The normalized spacial score (nSPS) is 35.7. The maximum absolute atomic E-state index is 10.7. The molecule has 0 amide bonds. The van der Waals surface area contributed by atoms with Gasteiger partial charge in [-0.05, 0) is 37.6 Å². The molecule has 118 valence electrons. The third-order valence-electron chi connectivity index (χ3n) is 5.05. The van der Waals surface area contributed by atoms with E-state index < -0.39 is 5.97 Å². The number of rotatable bonds is 6. The SMILES string of the molecule is CN(CC(=O)O)CC1CN(CC2CC3C=CC2C3)CCO1. The summed E-state index contributed by atoms with van der Waals surface area (Å²) in [6, 6.07) is 0. The molecule has 2 aliphatic carbocycles. The predicted molar refractivity (Wildman–Crippen MR) is 80.2 cm³/mol. The molecule has 1 saturated heterocycles. The minimum Gasteiger partial charge on any atom is -0.480 e. The van der Waals surface area contributed by atoms with Gasteiger partial charge in [-0.25, -0.2) is 0 Å². The molecule has 2 fully saturated rings. The van der Waals surface area contributed by atoms with Crippen molar-refractivity contribution in [1.29, 1.82) is 0 Å². The lowest BCUT2D eigenvalue weighted by Crippen LogP contribution is -2.49. The van der Waals surface area contributed by atoms with Gasteiger partial charge in [-0.1, -0.05) is 12.2 Å². The molecule has 0 spiro atoms. The number of morpholine rings is 1. The Morgan fingerprint density at radius 3 is 2.95 bits per heavy atom. The summed E-state index contributed by atoms with van der Waals surface area (Å²) >= 11 is 0. The van der Waals surface area contributed by atoms with Crippen molar-refractivity contribution in [2.24, 2.45) is 17.8 Å². The zero-order chi connectivity index (χ0) is 14.8. The van der Waals surface area contributed by atoms with Crippen LogP contribution in [0.15, 0.2) is 12.2 Å². The average molecular weight is 294 g/mol. The standard InChI is InChI=1S/C16H26N2O3/c1-17(11-16(19)20)9-15-10-18(4-5-21-15)8-14-7-12-2-3-13(14)6-12/h2-3,12-15H,4-11H2,1H3,(H,19,20). The molecule has 1 aliphatic heterocycles. The van der Waals surface area contributed by atoms with Crippen molar-refractivity contribution in [2.45, 2.75) is 18.9 Å². The molecule has 4 unspecified atom stereocenters. The van der Waals surface area contributed by atoms with Crippen LogP contribution in [0.2, 0.25) is 0 Å². The first-order valence-electron chi connectivity index (χ1n) is 8.03. The van der Waals surface area contributed by atoms with Gasteiger partial charge in [0.1, 0.15) is 0 Å². The molecule has 5 heteroatoms. The highest BCUT2D eigenvalue weighted by atomic mass is 16.5. The van der Waals surface area contributed by atoms with E-state index in [4.69, 9.17) is 9.84 Å². The maximum Gasteiger partial charge on any atom is 0.317 e. The maximum atomic E-state index is 10.7. The summed E-state index contributed by atoms with van der Waals surface area (Å²) in [5.74, 6) is 1.67. The second-order valence-electron chi connectivity index (χ2n) is 6.88. The number of carboxylic acid groups (broad SMARTS) is 1. The second kappa shape index (κ2) is 6.46. The zero-order valence-corrected chi connectivity index (χ0v) is 12.8. The van der Waals surface area contributed by atoms with E-state index in [0.29, 0.717) is 6.54 Å². The lowest BCUT2D eigenvalue weighted by Gasteiger charge is -2.36. The third kappa shape index (κ3) is 3.84. The first-order chi connectivity index (χ1) is 10.1. The molecule has 1 heterocycles. The number of aliphatic carboxylic acids is 1. The van der Waals surface area contributed by atoms with Crippen LogP contribution in [0.1, 0.15) is 12.8 Å². The van der Waals surface area contributed by atoms with Crippen LogP contribution >= 0.6 is 0 Å². The summed E-state index contributed by atoms with van der Waals surface area (Å²) in [4.78, 5) is 15.1. The Kier molecular flexibility index (Phi) is 4.62. The van der Waals surface area contributed by atoms with Gasteiger partial charge >= 0.3 is 5.97 Å². The van der Waals surface area contributed by atoms with Crippen molar-refractivity contribution in [3.63, 3.8) is 0 Å². The number of ether oxygens (including phenoxy) is 1. The van der Waals surface area contributed by atoms with Gasteiger partial charge in [0.25, 0.3) is 0 Å². The van der Waals surface area contributed by atoms with Crippen LogP contribution in [0, 0.1) is 17.8 Å². The number of carboxylic acids is 1. The van der Waals surface area contributed by atoms with E-state index in [-0.39, 0.29) is 12.6 Å². The van der Waals surface area contributed by atoms with Gasteiger partial charge in [0.15, 0.2) is 0 Å². The molecule has 4 atom stereocenters. The number of likely N-dealkylation sites (N-methyl/N-ethyl adjacent to an activating group) is 1. The molecule has 0 radical (unpaired) electrons. The van der Waals surface area contributed by atoms with E-state index >= 15 is 0 Å². The molecule has 3 aliphatic rings. The smallest absolute Gasteiger partial charge is 0.317 e. The van der Waals surface area contributed by atoms with E-state index in [1.165, 1.54) is 19.4 Å². The van der Waals surface area contributed by atoms with Crippen LogP contribution in [-0.4, -0.2) is 73.4 Å². The number of allylic oxidation sites excluding steroid dienone is 2. The summed E-state index contributed by atoms with van der Waals surface area (Å²) in [5, 5.41) is 8.82. The van der Waals surface area contributed by atoms with Crippen molar-refractivity contribution >= 4 is 5.97 Å². The van der Waals surface area contributed by atoms with E-state index in [9.17, 15) is 4.79 Å². The molecule has 2 bridgehead atoms. The largest absolute Gasteiger partial charge is 0.480 e. The van der Waals surface area contributed by atoms with Crippen molar-refractivity contribution < 1.29 is 14.6 Å². The highest BCUT2D eigenvalue weighted by Gasteiger charge is 2.37. The summed E-state index contributed by atoms with van der Waals surface area (Å²) in [5.41, 5.74) is 0. The molecule has 3 rings (SSSR count). The summed E-state index contributed by atoms with van der Waals surface area (Å²) in [7, 11) is 1.84. The predicted octanol–water partition coefficient (Wildman–Crippen LogP) is 0.916. The number of carbonyl (C=O) groups is 1. The van der Waals surface area contributed by atoms with Gasteiger partial charge < -0.3 is 9.84 Å². The van der Waals surface area contributed by atoms with E-state index in [2.05, 4.69) is 17.1 Å². The minimum absolute atomic E-state index is 0.0804. The van der Waals surface area contributed by atoms with Crippen molar-refractivity contribution in [3.8, 4) is 0 Å². The van der Waals surface area contributed by atoms with Gasteiger partial charge in [0, 0.05) is 26.2 Å². The Bertz CT molecular complexity index is 412. The monoisotopic (exact) mass is 294 g/mol. The summed E-state index contributed by atoms with van der Waals surface area (Å²) < 4.78 is 5.80. The molecule has 21 heavy (non-hydrogen) atoms. The van der Waals surface area contributed by atoms with E-state index in [1.54, 1.807) is 0 Å². The quantitative estimate of drug-likeness (QED) is 0.738. The number of hydrogen-bond donors (Lipinski definition) is 1. The Hall–Kier alpha value is -0.910. The van der Waals surface area contributed by atoms with Gasteiger partial charge in [0.05, 0.1) is 19.3 Å². The Labute approximate surface area is 126 Å².